The third-order valence-electron chi connectivity index (χ3n) is 4.90. The number of carbonyl (C=O) groups is 2. The fraction of sp³-hybridized carbons (Fsp3) is 0.304. The monoisotopic (exact) mass is 461 g/mol. The Kier molecular flexibility index (Phi) is 7.40. The Hall–Kier alpha value is -3.07. The molecule has 0 spiro atoms. The number of nitrogens with zero attached hydrogens (tertiary/aromatic N) is 1. The van der Waals surface area contributed by atoms with Crippen molar-refractivity contribution >= 4 is 39.0 Å². The Morgan fingerprint density at radius 2 is 1.78 bits per heavy atom. The zero-order valence-electron chi connectivity index (χ0n) is 17.3. The number of ketones is 1. The number of unbranched alkanes of at least 4 members (excludes halogenated alkanes) is 1. The number of fused-ring (bicyclic) bond motifs is 1. The van der Waals surface area contributed by atoms with Crippen molar-refractivity contribution in [1.29, 1.82) is 5.41 Å². The van der Waals surface area contributed by atoms with E-state index in [4.69, 9.17) is 5.41 Å². The number of carbonyl (C=O) groups excluding carboxylic acids is 2. The van der Waals surface area contributed by atoms with Crippen LogP contribution in [0.1, 0.15) is 58.3 Å². The molecule has 1 amide bonds. The van der Waals surface area contributed by atoms with E-state index in [9.17, 15) is 22.8 Å². The first kappa shape index (κ1) is 23.6. The van der Waals surface area contributed by atoms with Crippen molar-refractivity contribution in [3.05, 3.63) is 64.7 Å². The molecule has 3 aromatic rings. The molecule has 0 bridgehead atoms. The van der Waals surface area contributed by atoms with Gasteiger partial charge in [-0.05, 0) is 50.5 Å². The highest BCUT2D eigenvalue weighted by molar-refractivity contribution is 7.20. The second-order valence-electron chi connectivity index (χ2n) is 7.45. The number of thiazole rings is 1. The molecule has 32 heavy (non-hydrogen) atoms. The van der Waals surface area contributed by atoms with Gasteiger partial charge in [0.1, 0.15) is 0 Å². The summed E-state index contributed by atoms with van der Waals surface area (Å²) in [5.41, 5.74) is -0.435. The van der Waals surface area contributed by atoms with E-state index in [0.717, 1.165) is 16.8 Å². The highest BCUT2D eigenvalue weighted by atomic mass is 32.1. The van der Waals surface area contributed by atoms with E-state index in [1.54, 1.807) is 19.1 Å². The minimum atomic E-state index is -4.69. The van der Waals surface area contributed by atoms with Gasteiger partial charge in [-0.1, -0.05) is 30.7 Å². The maximum Gasteiger partial charge on any atom is 0.417 e. The van der Waals surface area contributed by atoms with Gasteiger partial charge in [0, 0.05) is 5.71 Å². The van der Waals surface area contributed by atoms with Crippen molar-refractivity contribution in [3.63, 3.8) is 0 Å². The van der Waals surface area contributed by atoms with E-state index in [1.165, 1.54) is 23.5 Å². The van der Waals surface area contributed by atoms with Crippen LogP contribution in [0.15, 0.2) is 48.5 Å². The number of rotatable bonds is 9. The molecule has 1 heterocycles. The second-order valence-corrected chi connectivity index (χ2v) is 8.48. The topological polar surface area (TPSA) is 82.9 Å². The fourth-order valence-electron chi connectivity index (χ4n) is 3.30. The normalized spacial score (nSPS) is 12.5. The molecule has 2 N–H and O–H groups in total. The molecule has 5 nitrogen and oxygen atoms in total. The minimum Gasteiger partial charge on any atom is -0.342 e. The summed E-state index contributed by atoms with van der Waals surface area (Å²) in [4.78, 5) is 30.2. The van der Waals surface area contributed by atoms with Gasteiger partial charge in [0.2, 0.25) is 5.78 Å². The second kappa shape index (κ2) is 10.0. The number of halogens is 3. The molecule has 0 saturated carbocycles. The molecular formula is C23H22F3N3O2S. The third-order valence-corrected chi connectivity index (χ3v) is 5.95. The number of para-hydroxylation sites is 1. The molecular weight excluding hydrogens is 439 g/mol. The average Bonchev–Trinajstić information content (AvgIpc) is 3.18. The van der Waals surface area contributed by atoms with E-state index in [1.807, 2.05) is 12.1 Å². The average molecular weight is 462 g/mol. The Bertz CT molecular complexity index is 1110. The van der Waals surface area contributed by atoms with Crippen LogP contribution in [-0.2, 0) is 6.18 Å². The van der Waals surface area contributed by atoms with E-state index in [2.05, 4.69) is 10.3 Å². The fourth-order valence-corrected chi connectivity index (χ4v) is 4.26. The molecule has 0 aliphatic rings. The van der Waals surface area contributed by atoms with Crippen LogP contribution in [-0.4, -0.2) is 28.4 Å². The van der Waals surface area contributed by atoms with E-state index in [-0.39, 0.29) is 11.4 Å². The van der Waals surface area contributed by atoms with Crippen molar-refractivity contribution in [2.45, 2.75) is 44.8 Å². The van der Waals surface area contributed by atoms with Gasteiger partial charge in [-0.25, -0.2) is 4.98 Å². The quantitative estimate of drug-likeness (QED) is 0.237. The Labute approximate surface area is 187 Å². The molecule has 0 fully saturated rings. The SMILES string of the molecule is CC(=N)CCCCC(NC(=O)c1ccccc1C(F)(F)F)C(=O)c1nc2ccccc2s1. The predicted molar refractivity (Wildman–Crippen MR) is 119 cm³/mol. The van der Waals surface area contributed by atoms with Gasteiger partial charge in [-0.2, -0.15) is 13.2 Å². The molecule has 0 saturated heterocycles. The number of amides is 1. The van der Waals surface area contributed by atoms with Gasteiger partial charge in [-0.3, -0.25) is 9.59 Å². The number of hydrogen-bond donors (Lipinski definition) is 2. The maximum absolute atomic E-state index is 13.3. The first-order valence-corrected chi connectivity index (χ1v) is 10.9. The summed E-state index contributed by atoms with van der Waals surface area (Å²) in [6.07, 6.45) is -2.75. The lowest BCUT2D eigenvalue weighted by Gasteiger charge is -2.18. The molecule has 0 radical (unpaired) electrons. The van der Waals surface area contributed by atoms with Crippen LogP contribution in [0.3, 0.4) is 0 Å². The standard InChI is InChI=1S/C23H22F3N3O2S/c1-14(27)8-2-5-12-18(20(30)22-29-17-11-6-7-13-19(17)32-22)28-21(31)15-9-3-4-10-16(15)23(24,25)26/h3-4,6-7,9-11,13,18,27H,2,5,8,12H2,1H3,(H,28,31). The van der Waals surface area contributed by atoms with Crippen molar-refractivity contribution in [2.24, 2.45) is 0 Å². The molecule has 1 aromatic heterocycles. The van der Waals surface area contributed by atoms with Crippen LogP contribution < -0.4 is 5.32 Å². The molecule has 168 valence electrons. The largest absolute Gasteiger partial charge is 0.417 e. The van der Waals surface area contributed by atoms with Crippen molar-refractivity contribution < 1.29 is 22.8 Å². The lowest BCUT2D eigenvalue weighted by Crippen LogP contribution is -2.41. The first-order chi connectivity index (χ1) is 15.2. The summed E-state index contributed by atoms with van der Waals surface area (Å²) in [7, 11) is 0. The van der Waals surface area contributed by atoms with Crippen LogP contribution in [0.25, 0.3) is 10.2 Å². The van der Waals surface area contributed by atoms with Crippen molar-refractivity contribution in [2.75, 3.05) is 0 Å². The molecule has 3 rings (SSSR count). The van der Waals surface area contributed by atoms with Gasteiger partial charge in [0.05, 0.1) is 27.4 Å². The van der Waals surface area contributed by atoms with E-state index < -0.39 is 35.0 Å². The van der Waals surface area contributed by atoms with Gasteiger partial charge < -0.3 is 10.7 Å². The summed E-state index contributed by atoms with van der Waals surface area (Å²) in [5.74, 6) is -1.39. The molecule has 1 atom stereocenters. The zero-order chi connectivity index (χ0) is 23.3. The van der Waals surface area contributed by atoms with Crippen LogP contribution in [0.2, 0.25) is 0 Å². The number of hydrogen-bond acceptors (Lipinski definition) is 5. The van der Waals surface area contributed by atoms with Crippen LogP contribution >= 0.6 is 11.3 Å². The van der Waals surface area contributed by atoms with Crippen molar-refractivity contribution in [1.82, 2.24) is 10.3 Å². The first-order valence-electron chi connectivity index (χ1n) is 10.1. The summed E-state index contributed by atoms with van der Waals surface area (Å²) in [6, 6.07) is 10.7. The van der Waals surface area contributed by atoms with Gasteiger partial charge in [0.25, 0.3) is 5.91 Å². The molecule has 0 aliphatic heterocycles. The van der Waals surface area contributed by atoms with Crippen LogP contribution in [0.5, 0.6) is 0 Å². The molecule has 1 unspecified atom stereocenters. The summed E-state index contributed by atoms with van der Waals surface area (Å²) in [5, 5.41) is 10.2. The van der Waals surface area contributed by atoms with Gasteiger partial charge in [-0.15, -0.1) is 11.3 Å². The lowest BCUT2D eigenvalue weighted by molar-refractivity contribution is -0.137. The van der Waals surface area contributed by atoms with E-state index in [0.29, 0.717) is 30.5 Å². The number of aromatic nitrogens is 1. The molecule has 0 aliphatic carbocycles. The summed E-state index contributed by atoms with van der Waals surface area (Å²) < 4.78 is 40.8. The summed E-state index contributed by atoms with van der Waals surface area (Å²) in [6.45, 7) is 1.68. The Morgan fingerprint density at radius 1 is 1.09 bits per heavy atom. The maximum atomic E-state index is 13.3. The minimum absolute atomic E-state index is 0.198. The lowest BCUT2D eigenvalue weighted by atomic mass is 10.0. The number of Topliss-reactive ketones (excluding diaryl/α,β-unsaturated/α-hetero) is 1. The van der Waals surface area contributed by atoms with E-state index >= 15 is 0 Å². The number of benzene rings is 2. The van der Waals surface area contributed by atoms with Crippen LogP contribution in [0.4, 0.5) is 13.2 Å². The van der Waals surface area contributed by atoms with Gasteiger partial charge in [0.15, 0.2) is 5.01 Å². The Morgan fingerprint density at radius 3 is 2.47 bits per heavy atom. The Balaban J connectivity index is 1.85. The van der Waals surface area contributed by atoms with Gasteiger partial charge >= 0.3 is 6.18 Å². The predicted octanol–water partition coefficient (Wildman–Crippen LogP) is 5.90. The van der Waals surface area contributed by atoms with Crippen molar-refractivity contribution in [3.8, 4) is 0 Å². The smallest absolute Gasteiger partial charge is 0.342 e. The molecule has 2 aromatic carbocycles. The number of alkyl halides is 3. The summed E-state index contributed by atoms with van der Waals surface area (Å²) >= 11 is 1.18. The highest BCUT2D eigenvalue weighted by Gasteiger charge is 2.35. The zero-order valence-corrected chi connectivity index (χ0v) is 18.1. The third kappa shape index (κ3) is 5.79. The molecule has 9 heteroatoms. The number of nitrogens with one attached hydrogen (secondary N) is 2. The highest BCUT2D eigenvalue weighted by Crippen LogP contribution is 2.32. The van der Waals surface area contributed by atoms with Crippen LogP contribution in [0, 0.1) is 5.41 Å².